The number of hydrogen-bond donors (Lipinski definition) is 1. The molecule has 2 aromatic rings. The van der Waals surface area contributed by atoms with Crippen molar-refractivity contribution in [3.8, 4) is 0 Å². The van der Waals surface area contributed by atoms with Gasteiger partial charge in [0.2, 0.25) is 5.91 Å². The molecule has 0 radical (unpaired) electrons. The summed E-state index contributed by atoms with van der Waals surface area (Å²) in [5.74, 6) is 0.239. The van der Waals surface area contributed by atoms with Gasteiger partial charge in [-0.3, -0.25) is 4.79 Å². The number of amides is 1. The summed E-state index contributed by atoms with van der Waals surface area (Å²) < 4.78 is 31.8. The number of carbonyl (C=O) groups excluding carboxylic acids is 1. The van der Waals surface area contributed by atoms with Crippen molar-refractivity contribution in [1.82, 2.24) is 5.32 Å². The summed E-state index contributed by atoms with van der Waals surface area (Å²) >= 11 is 0. The zero-order valence-corrected chi connectivity index (χ0v) is 23.0. The highest BCUT2D eigenvalue weighted by Crippen LogP contribution is 2.28. The van der Waals surface area contributed by atoms with E-state index in [0.29, 0.717) is 18.4 Å². The van der Waals surface area contributed by atoms with Crippen LogP contribution in [0.25, 0.3) is 11.1 Å². The highest BCUT2D eigenvalue weighted by Gasteiger charge is 2.22. The number of ether oxygens (including phenoxy) is 1. The Hall–Kier alpha value is -3.47. The number of rotatable bonds is 12. The summed E-state index contributed by atoms with van der Waals surface area (Å²) in [5.41, 5.74) is 7.96. The minimum absolute atomic E-state index is 0.0728. The maximum absolute atomic E-state index is 13.4. The molecular formula is C33H39F2NO2. The van der Waals surface area contributed by atoms with E-state index >= 15 is 0 Å². The van der Waals surface area contributed by atoms with Gasteiger partial charge in [-0.15, -0.1) is 0 Å². The smallest absolute Gasteiger partial charge is 0.387 e. The number of carbonyl (C=O) groups is 1. The molecule has 202 valence electrons. The molecule has 1 amide bonds. The number of hydrogen-bond acceptors (Lipinski definition) is 2. The highest BCUT2D eigenvalue weighted by molar-refractivity contribution is 5.78. The van der Waals surface area contributed by atoms with Crippen molar-refractivity contribution in [1.29, 1.82) is 0 Å². The molecule has 0 aliphatic carbocycles. The van der Waals surface area contributed by atoms with E-state index in [0.717, 1.165) is 59.1 Å². The van der Waals surface area contributed by atoms with Crippen molar-refractivity contribution >= 4 is 17.1 Å². The second-order valence-corrected chi connectivity index (χ2v) is 9.87. The van der Waals surface area contributed by atoms with E-state index in [1.807, 2.05) is 30.3 Å². The Morgan fingerprint density at radius 1 is 1.11 bits per heavy atom. The third kappa shape index (κ3) is 8.01. The first-order valence-electron chi connectivity index (χ1n) is 13.4. The van der Waals surface area contributed by atoms with Gasteiger partial charge in [-0.1, -0.05) is 81.0 Å². The van der Waals surface area contributed by atoms with Crippen LogP contribution in [0.15, 0.2) is 84.2 Å². The van der Waals surface area contributed by atoms with Crippen LogP contribution in [0.3, 0.4) is 0 Å². The minimum atomic E-state index is -2.92. The molecule has 1 saturated heterocycles. The monoisotopic (exact) mass is 519 g/mol. The van der Waals surface area contributed by atoms with Crippen LogP contribution >= 0.6 is 0 Å². The number of alkyl halides is 2. The second kappa shape index (κ2) is 13.9. The fourth-order valence-corrected chi connectivity index (χ4v) is 4.62. The van der Waals surface area contributed by atoms with Gasteiger partial charge in [0, 0.05) is 6.42 Å². The lowest BCUT2D eigenvalue weighted by atomic mass is 9.95. The molecule has 0 saturated carbocycles. The Labute approximate surface area is 226 Å². The normalized spacial score (nSPS) is 16.9. The van der Waals surface area contributed by atoms with Crippen molar-refractivity contribution in [3.05, 3.63) is 106 Å². The van der Waals surface area contributed by atoms with Gasteiger partial charge in [0.05, 0.1) is 6.04 Å². The molecule has 1 fully saturated rings. The first kappa shape index (κ1) is 29.1. The number of halogens is 2. The van der Waals surface area contributed by atoms with E-state index in [9.17, 15) is 13.6 Å². The van der Waals surface area contributed by atoms with E-state index in [4.69, 9.17) is 4.74 Å². The fourth-order valence-electron chi connectivity index (χ4n) is 4.62. The largest absolute Gasteiger partial charge is 0.435 e. The maximum atomic E-state index is 13.4. The highest BCUT2D eigenvalue weighted by atomic mass is 19.3. The zero-order valence-electron chi connectivity index (χ0n) is 23.0. The van der Waals surface area contributed by atoms with Crippen LogP contribution in [0.5, 0.6) is 0 Å². The summed E-state index contributed by atoms with van der Waals surface area (Å²) in [6.07, 6.45) is 8.32. The average Bonchev–Trinajstić information content (AvgIpc) is 3.35. The SMILES string of the molecule is C=C(CCC)c1cccc(/C(C)=C(/C=C\C(Cc2ccc(C3CCC(=O)N3)cc2)=C(C)CC)OC(F)F)c1. The first-order chi connectivity index (χ1) is 18.2. The Morgan fingerprint density at radius 2 is 1.82 bits per heavy atom. The summed E-state index contributed by atoms with van der Waals surface area (Å²) in [6.45, 7) is 9.30. The topological polar surface area (TPSA) is 38.3 Å². The molecule has 38 heavy (non-hydrogen) atoms. The first-order valence-corrected chi connectivity index (χ1v) is 13.4. The Bertz CT molecular complexity index is 1220. The predicted molar refractivity (Wildman–Crippen MR) is 152 cm³/mol. The Morgan fingerprint density at radius 3 is 2.42 bits per heavy atom. The quantitative estimate of drug-likeness (QED) is 0.224. The van der Waals surface area contributed by atoms with Gasteiger partial charge in [-0.25, -0.2) is 0 Å². The van der Waals surface area contributed by atoms with Gasteiger partial charge in [0.1, 0.15) is 5.76 Å². The van der Waals surface area contributed by atoms with Crippen molar-refractivity contribution in [2.45, 2.75) is 78.9 Å². The van der Waals surface area contributed by atoms with Crippen molar-refractivity contribution in [3.63, 3.8) is 0 Å². The second-order valence-electron chi connectivity index (χ2n) is 9.87. The van der Waals surface area contributed by atoms with Crippen LogP contribution < -0.4 is 5.32 Å². The molecule has 0 aromatic heterocycles. The lowest BCUT2D eigenvalue weighted by molar-refractivity contribution is -0.119. The van der Waals surface area contributed by atoms with Crippen LogP contribution in [0.2, 0.25) is 0 Å². The standard InChI is InChI=1S/C33H39F2NO2/c1-6-9-23(4)27-10-8-11-29(21-27)24(5)31(38-33(34)35)18-16-28(22(3)7-2)20-25-12-14-26(15-13-25)30-17-19-32(37)36-30/h8,10-16,18,21,30,33H,4,6-7,9,17,19-20H2,1-3,5H3,(H,36,37)/b18-16-,28-22?,31-24-. The van der Waals surface area contributed by atoms with Gasteiger partial charge < -0.3 is 10.1 Å². The molecule has 5 heteroatoms. The molecule has 1 atom stereocenters. The molecular weight excluding hydrogens is 480 g/mol. The van der Waals surface area contributed by atoms with E-state index in [-0.39, 0.29) is 17.7 Å². The van der Waals surface area contributed by atoms with Gasteiger partial charge >= 0.3 is 6.61 Å². The van der Waals surface area contributed by atoms with Crippen molar-refractivity contribution in [2.24, 2.45) is 0 Å². The summed E-state index contributed by atoms with van der Waals surface area (Å²) in [6, 6.07) is 16.1. The van der Waals surface area contributed by atoms with Gasteiger partial charge in [-0.2, -0.15) is 8.78 Å². The number of nitrogens with one attached hydrogen (secondary N) is 1. The van der Waals surface area contributed by atoms with Crippen LogP contribution in [0.4, 0.5) is 8.78 Å². The molecule has 1 N–H and O–H groups in total. The molecule has 1 heterocycles. The Balaban J connectivity index is 1.87. The molecule has 1 aliphatic heterocycles. The molecule has 0 spiro atoms. The van der Waals surface area contributed by atoms with Crippen LogP contribution in [0, 0.1) is 0 Å². The van der Waals surface area contributed by atoms with Crippen LogP contribution in [-0.4, -0.2) is 12.5 Å². The van der Waals surface area contributed by atoms with E-state index in [2.05, 4.69) is 56.9 Å². The van der Waals surface area contributed by atoms with Crippen LogP contribution in [0.1, 0.15) is 88.1 Å². The van der Waals surface area contributed by atoms with E-state index in [1.54, 1.807) is 13.0 Å². The molecule has 0 bridgehead atoms. The third-order valence-corrected chi connectivity index (χ3v) is 7.13. The van der Waals surface area contributed by atoms with Crippen molar-refractivity contribution < 1.29 is 18.3 Å². The summed E-state index contributed by atoms with van der Waals surface area (Å²) in [5, 5.41) is 3.00. The molecule has 3 rings (SSSR count). The van der Waals surface area contributed by atoms with Gasteiger partial charge in [-0.05, 0) is 90.6 Å². The molecule has 1 aliphatic rings. The Kier molecular flexibility index (Phi) is 10.6. The van der Waals surface area contributed by atoms with E-state index in [1.165, 1.54) is 5.57 Å². The number of benzene rings is 2. The van der Waals surface area contributed by atoms with E-state index < -0.39 is 6.61 Å². The predicted octanol–water partition coefficient (Wildman–Crippen LogP) is 8.95. The summed E-state index contributed by atoms with van der Waals surface area (Å²) in [7, 11) is 0. The molecule has 3 nitrogen and oxygen atoms in total. The lowest BCUT2D eigenvalue weighted by Gasteiger charge is -2.14. The maximum Gasteiger partial charge on any atom is 0.387 e. The van der Waals surface area contributed by atoms with Crippen LogP contribution in [-0.2, 0) is 16.0 Å². The number of allylic oxidation sites excluding steroid dienone is 6. The third-order valence-electron chi connectivity index (χ3n) is 7.13. The molecule has 1 unspecified atom stereocenters. The van der Waals surface area contributed by atoms with Gasteiger partial charge in [0.15, 0.2) is 0 Å². The minimum Gasteiger partial charge on any atom is -0.435 e. The average molecular weight is 520 g/mol. The van der Waals surface area contributed by atoms with Crippen molar-refractivity contribution in [2.75, 3.05) is 0 Å². The summed E-state index contributed by atoms with van der Waals surface area (Å²) in [4.78, 5) is 11.6. The molecule has 2 aromatic carbocycles. The zero-order chi connectivity index (χ0) is 27.7. The lowest BCUT2D eigenvalue weighted by Crippen LogP contribution is -2.18. The van der Waals surface area contributed by atoms with Gasteiger partial charge in [0.25, 0.3) is 0 Å². The fraction of sp³-hybridized carbons (Fsp3) is 0.364.